The number of carbonyl (C=O) groups excluding carboxylic acids is 1. The van der Waals surface area contributed by atoms with E-state index in [0.717, 1.165) is 19.3 Å². The first-order valence-corrected chi connectivity index (χ1v) is 3.20. The molecule has 10 heavy (non-hydrogen) atoms. The van der Waals surface area contributed by atoms with Crippen LogP contribution in [0.4, 0.5) is 0 Å². The summed E-state index contributed by atoms with van der Waals surface area (Å²) in [7, 11) is 0. The third-order valence-corrected chi connectivity index (χ3v) is 1.12. The Hall–Kier alpha value is 1.07. The first-order valence-electron chi connectivity index (χ1n) is 3.20. The Morgan fingerprint density at radius 2 is 2.10 bits per heavy atom. The zero-order chi connectivity index (χ0) is 7.11. The summed E-state index contributed by atoms with van der Waals surface area (Å²) < 4.78 is 0. The molecule has 0 unspecified atom stereocenters. The van der Waals surface area contributed by atoms with Gasteiger partial charge in [-0.1, -0.05) is 19.8 Å². The van der Waals surface area contributed by atoms with Crippen molar-refractivity contribution in [2.24, 2.45) is 5.90 Å². The predicted molar refractivity (Wildman–Crippen MR) is 41.6 cm³/mol. The van der Waals surface area contributed by atoms with Crippen molar-refractivity contribution in [2.45, 2.75) is 32.6 Å². The summed E-state index contributed by atoms with van der Waals surface area (Å²) in [5.74, 6) is 4.29. The number of rotatable bonds is 4. The van der Waals surface area contributed by atoms with E-state index in [2.05, 4.69) is 17.7 Å². The second kappa shape index (κ2) is 10.1. The van der Waals surface area contributed by atoms with Gasteiger partial charge in [0, 0.05) is 6.42 Å². The van der Waals surface area contributed by atoms with E-state index < -0.39 is 0 Å². The van der Waals surface area contributed by atoms with Crippen molar-refractivity contribution >= 4 is 57.4 Å². The second-order valence-electron chi connectivity index (χ2n) is 1.95. The molecule has 0 aliphatic carbocycles. The Morgan fingerprint density at radius 3 is 2.50 bits per heavy atom. The average Bonchev–Trinajstić information content (AvgIpc) is 1.89. The maximum atomic E-state index is 10.3. The molecule has 0 aliphatic rings. The Kier molecular flexibility index (Phi) is 13.7. The average molecular weight is 171 g/mol. The summed E-state index contributed by atoms with van der Waals surface area (Å²) in [5.41, 5.74) is 0. The summed E-state index contributed by atoms with van der Waals surface area (Å²) in [6, 6.07) is 0. The molecular weight excluding hydrogens is 157 g/mol. The Morgan fingerprint density at radius 1 is 1.50 bits per heavy atom. The van der Waals surface area contributed by atoms with Crippen LogP contribution in [-0.4, -0.2) is 57.4 Å². The van der Waals surface area contributed by atoms with Crippen molar-refractivity contribution in [3.8, 4) is 0 Å². The molecule has 4 heteroatoms. The minimum atomic E-state index is -0.316. The molecule has 2 N–H and O–H groups in total. The van der Waals surface area contributed by atoms with Crippen molar-refractivity contribution in [3.63, 3.8) is 0 Å². The van der Waals surface area contributed by atoms with Crippen LogP contribution in [0.25, 0.3) is 0 Å². The van der Waals surface area contributed by atoms with Crippen molar-refractivity contribution in [1.82, 2.24) is 0 Å². The van der Waals surface area contributed by atoms with Crippen molar-refractivity contribution < 1.29 is 9.63 Å². The van der Waals surface area contributed by atoms with Gasteiger partial charge in [-0.15, -0.1) is 0 Å². The van der Waals surface area contributed by atoms with Gasteiger partial charge in [0.1, 0.15) is 0 Å². The monoisotopic (exact) mass is 171 g/mol. The quantitative estimate of drug-likeness (QED) is 0.377. The molecule has 0 bridgehead atoms. The van der Waals surface area contributed by atoms with Gasteiger partial charge in [-0.25, -0.2) is 0 Å². The van der Waals surface area contributed by atoms with Gasteiger partial charge in [0.25, 0.3) is 0 Å². The van der Waals surface area contributed by atoms with Gasteiger partial charge in [-0.3, -0.25) is 4.79 Å². The predicted octanol–water partition coefficient (Wildman–Crippen LogP) is 0.335. The van der Waals surface area contributed by atoms with Crippen molar-refractivity contribution in [1.29, 1.82) is 0 Å². The zero-order valence-corrected chi connectivity index (χ0v) is 5.72. The summed E-state index contributed by atoms with van der Waals surface area (Å²) in [6.45, 7) is 2.08. The van der Waals surface area contributed by atoms with Gasteiger partial charge in [0.15, 0.2) is 0 Å². The van der Waals surface area contributed by atoms with Gasteiger partial charge in [-0.2, -0.15) is 5.90 Å². The van der Waals surface area contributed by atoms with Crippen LogP contribution in [0.1, 0.15) is 32.6 Å². The van der Waals surface area contributed by atoms with E-state index in [9.17, 15) is 4.79 Å². The van der Waals surface area contributed by atoms with Crippen LogP contribution in [0, 0.1) is 0 Å². The number of hydrogen-bond acceptors (Lipinski definition) is 3. The van der Waals surface area contributed by atoms with E-state index in [4.69, 9.17) is 0 Å². The fourth-order valence-electron chi connectivity index (χ4n) is 0.578. The van der Waals surface area contributed by atoms with Crippen molar-refractivity contribution in [3.05, 3.63) is 0 Å². The van der Waals surface area contributed by atoms with Crippen LogP contribution in [0.3, 0.4) is 0 Å². The standard InChI is InChI=1S/C6H13NO2.K.H/c1-2-3-4-5-6(8)9-7;;/h2-5,7H2,1H3;;. The van der Waals surface area contributed by atoms with Gasteiger partial charge in [-0.05, 0) is 6.42 Å². The zero-order valence-electron chi connectivity index (χ0n) is 5.72. The minimum absolute atomic E-state index is 0. The topological polar surface area (TPSA) is 52.3 Å². The summed E-state index contributed by atoms with van der Waals surface area (Å²) in [4.78, 5) is 14.3. The number of unbranched alkanes of at least 4 members (excludes halogenated alkanes) is 2. The molecule has 0 amide bonds. The molecule has 3 nitrogen and oxygen atoms in total. The molecule has 0 aliphatic heterocycles. The van der Waals surface area contributed by atoms with E-state index in [-0.39, 0.29) is 57.4 Å². The molecule has 0 aromatic rings. The number of carbonyl (C=O) groups is 1. The first-order chi connectivity index (χ1) is 4.31. The molecule has 0 heterocycles. The van der Waals surface area contributed by atoms with E-state index in [1.54, 1.807) is 0 Å². The Bertz CT molecular complexity index is 87.8. The van der Waals surface area contributed by atoms with Crippen LogP contribution in [-0.2, 0) is 9.63 Å². The molecular formula is C6H14KNO2. The SMILES string of the molecule is CCCCCC(=O)ON.[KH]. The summed E-state index contributed by atoms with van der Waals surface area (Å²) in [6.07, 6.45) is 3.50. The van der Waals surface area contributed by atoms with E-state index >= 15 is 0 Å². The Balaban J connectivity index is 0. The molecule has 0 atom stereocenters. The molecule has 0 aromatic carbocycles. The van der Waals surface area contributed by atoms with Crippen LogP contribution in [0.15, 0.2) is 0 Å². The molecule has 0 saturated heterocycles. The van der Waals surface area contributed by atoms with E-state index in [1.807, 2.05) is 0 Å². The van der Waals surface area contributed by atoms with E-state index in [1.165, 1.54) is 0 Å². The first kappa shape index (κ1) is 13.6. The van der Waals surface area contributed by atoms with Crippen LogP contribution in [0.5, 0.6) is 0 Å². The summed E-state index contributed by atoms with van der Waals surface area (Å²) >= 11 is 0. The van der Waals surface area contributed by atoms with Crippen LogP contribution >= 0.6 is 0 Å². The summed E-state index contributed by atoms with van der Waals surface area (Å²) in [5, 5.41) is 0. The molecule has 0 spiro atoms. The molecule has 0 fully saturated rings. The molecule has 0 saturated carbocycles. The number of hydrogen-bond donors (Lipinski definition) is 1. The fraction of sp³-hybridized carbons (Fsp3) is 0.833. The maximum absolute atomic E-state index is 10.3. The van der Waals surface area contributed by atoms with Crippen LogP contribution < -0.4 is 5.90 Å². The second-order valence-corrected chi connectivity index (χ2v) is 1.95. The third-order valence-electron chi connectivity index (χ3n) is 1.12. The molecule has 0 radical (unpaired) electrons. The molecule has 0 aromatic heterocycles. The normalized spacial score (nSPS) is 8.20. The van der Waals surface area contributed by atoms with E-state index in [0.29, 0.717) is 6.42 Å². The third kappa shape index (κ3) is 9.07. The van der Waals surface area contributed by atoms with Crippen molar-refractivity contribution in [2.75, 3.05) is 0 Å². The van der Waals surface area contributed by atoms with Gasteiger partial charge >= 0.3 is 57.4 Å². The fourth-order valence-corrected chi connectivity index (χ4v) is 0.578. The van der Waals surface area contributed by atoms with Gasteiger partial charge < -0.3 is 4.84 Å². The molecule has 0 rings (SSSR count). The van der Waals surface area contributed by atoms with Crippen LogP contribution in [0.2, 0.25) is 0 Å². The molecule has 56 valence electrons. The Labute approximate surface area is 104 Å². The van der Waals surface area contributed by atoms with Gasteiger partial charge in [0.05, 0.1) is 0 Å². The van der Waals surface area contributed by atoms with Gasteiger partial charge in [0.2, 0.25) is 0 Å². The number of nitrogens with two attached hydrogens (primary N) is 1.